The van der Waals surface area contributed by atoms with Crippen LogP contribution in [0.2, 0.25) is 0 Å². The standard InChI is InChI=1S/C28H44O3S.Ba.2H/c1-3-5-7-9-11-13-15-19-24-23-25-20-17-18-22-27(25)28(32(29,30)31)26(24)21-16-14-12-10-8-6-4-2;;;/h17-18,20,22-23H,3-16,19,21H2,1-2H3,(H,29,30,31);;;. The molecule has 2 rings (SSSR count). The Labute approximate surface area is 243 Å². The van der Waals surface area contributed by atoms with Crippen LogP contribution in [0.5, 0.6) is 0 Å². The van der Waals surface area contributed by atoms with Crippen molar-refractivity contribution in [1.29, 1.82) is 0 Å². The van der Waals surface area contributed by atoms with Crippen molar-refractivity contribution in [3.05, 3.63) is 41.5 Å². The topological polar surface area (TPSA) is 54.4 Å². The third-order valence-electron chi connectivity index (χ3n) is 6.53. The van der Waals surface area contributed by atoms with E-state index >= 15 is 0 Å². The van der Waals surface area contributed by atoms with Crippen LogP contribution in [0.25, 0.3) is 10.8 Å². The predicted molar refractivity (Wildman–Crippen MR) is 146 cm³/mol. The Morgan fingerprint density at radius 3 is 1.73 bits per heavy atom. The number of rotatable bonds is 17. The Kier molecular flexibility index (Phi) is 16.6. The Balaban J connectivity index is 0.00000544. The van der Waals surface area contributed by atoms with Crippen molar-refractivity contribution in [1.82, 2.24) is 0 Å². The Morgan fingerprint density at radius 1 is 0.697 bits per heavy atom. The van der Waals surface area contributed by atoms with Gasteiger partial charge in [0.15, 0.2) is 0 Å². The molecule has 0 fully saturated rings. The van der Waals surface area contributed by atoms with E-state index in [1.807, 2.05) is 24.3 Å². The van der Waals surface area contributed by atoms with E-state index in [1.54, 1.807) is 0 Å². The molecule has 0 unspecified atom stereocenters. The molecule has 2 aromatic carbocycles. The molecule has 0 radical (unpaired) electrons. The monoisotopic (exact) mass is 600 g/mol. The molecule has 2 aromatic rings. The Morgan fingerprint density at radius 2 is 1.18 bits per heavy atom. The summed E-state index contributed by atoms with van der Waals surface area (Å²) in [7, 11) is -4.28. The molecule has 0 heterocycles. The minimum atomic E-state index is -4.28. The van der Waals surface area contributed by atoms with Crippen molar-refractivity contribution in [3.8, 4) is 0 Å². The van der Waals surface area contributed by atoms with Crippen LogP contribution in [-0.4, -0.2) is 61.9 Å². The van der Waals surface area contributed by atoms with E-state index in [-0.39, 0.29) is 53.8 Å². The molecule has 0 aromatic heterocycles. The summed E-state index contributed by atoms with van der Waals surface area (Å²) in [5.41, 5.74) is 1.96. The van der Waals surface area contributed by atoms with E-state index in [2.05, 4.69) is 19.9 Å². The first-order valence-electron chi connectivity index (χ1n) is 13.0. The first-order valence-corrected chi connectivity index (χ1v) is 14.4. The second kappa shape index (κ2) is 17.6. The van der Waals surface area contributed by atoms with Gasteiger partial charge in [0.1, 0.15) is 4.90 Å². The molecule has 0 amide bonds. The van der Waals surface area contributed by atoms with Crippen molar-refractivity contribution in [2.24, 2.45) is 0 Å². The van der Waals surface area contributed by atoms with Crippen LogP contribution in [0, 0.1) is 0 Å². The molecule has 0 saturated heterocycles. The number of hydrogen-bond donors (Lipinski definition) is 1. The van der Waals surface area contributed by atoms with E-state index in [0.29, 0.717) is 5.39 Å². The molecule has 0 aliphatic carbocycles. The van der Waals surface area contributed by atoms with Gasteiger partial charge in [-0.1, -0.05) is 121 Å². The normalized spacial score (nSPS) is 11.6. The fraction of sp³-hybridized carbons (Fsp3) is 0.643. The van der Waals surface area contributed by atoms with Crippen molar-refractivity contribution in [2.75, 3.05) is 0 Å². The maximum absolute atomic E-state index is 12.5. The molecule has 0 aliphatic heterocycles. The zero-order valence-electron chi connectivity index (χ0n) is 20.4. The number of aryl methyl sites for hydroxylation is 1. The van der Waals surface area contributed by atoms with Crippen LogP contribution in [0.15, 0.2) is 35.2 Å². The number of hydrogen-bond acceptors (Lipinski definition) is 2. The van der Waals surface area contributed by atoms with Crippen LogP contribution in [-0.2, 0) is 23.0 Å². The van der Waals surface area contributed by atoms with Crippen LogP contribution in [0.1, 0.15) is 115 Å². The summed E-state index contributed by atoms with van der Waals surface area (Å²) in [4.78, 5) is 0.152. The summed E-state index contributed by atoms with van der Waals surface area (Å²) in [6.45, 7) is 4.46. The van der Waals surface area contributed by atoms with Crippen molar-refractivity contribution < 1.29 is 13.0 Å². The van der Waals surface area contributed by atoms with Crippen LogP contribution >= 0.6 is 0 Å². The van der Waals surface area contributed by atoms with Crippen molar-refractivity contribution >= 4 is 69.8 Å². The van der Waals surface area contributed by atoms with Gasteiger partial charge in [0.05, 0.1) is 0 Å². The van der Waals surface area contributed by atoms with Gasteiger partial charge in [-0.3, -0.25) is 4.55 Å². The minimum absolute atomic E-state index is 0. The van der Waals surface area contributed by atoms with E-state index in [0.717, 1.165) is 48.6 Å². The van der Waals surface area contributed by atoms with Gasteiger partial charge >= 0.3 is 48.9 Å². The summed E-state index contributed by atoms with van der Waals surface area (Å²) >= 11 is 0. The number of benzene rings is 2. The van der Waals surface area contributed by atoms with E-state index < -0.39 is 10.1 Å². The summed E-state index contributed by atoms with van der Waals surface area (Å²) in [5.74, 6) is 0. The second-order valence-electron chi connectivity index (χ2n) is 9.28. The third kappa shape index (κ3) is 11.2. The molecule has 0 saturated carbocycles. The van der Waals surface area contributed by atoms with Gasteiger partial charge in [-0.05, 0) is 42.2 Å². The fourth-order valence-corrected chi connectivity index (χ4v) is 5.74. The fourth-order valence-electron chi connectivity index (χ4n) is 4.74. The summed E-state index contributed by atoms with van der Waals surface area (Å²) in [5, 5.41) is 1.55. The first kappa shape index (κ1) is 31.2. The van der Waals surface area contributed by atoms with E-state index in [4.69, 9.17) is 0 Å². The zero-order valence-corrected chi connectivity index (χ0v) is 21.2. The van der Waals surface area contributed by atoms with Crippen LogP contribution < -0.4 is 0 Å². The second-order valence-corrected chi connectivity index (χ2v) is 10.6. The Hall–Kier alpha value is 0.181. The number of unbranched alkanes of at least 4 members (excludes halogenated alkanes) is 12. The molecule has 0 spiro atoms. The molecule has 0 atom stereocenters. The summed E-state index contributed by atoms with van der Waals surface area (Å²) in [6.07, 6.45) is 18.6. The van der Waals surface area contributed by atoms with Gasteiger partial charge < -0.3 is 0 Å². The summed E-state index contributed by atoms with van der Waals surface area (Å²) < 4.78 is 35.1. The molecular weight excluding hydrogens is 554 g/mol. The molecule has 184 valence electrons. The molecule has 1 N–H and O–H groups in total. The molecule has 3 nitrogen and oxygen atoms in total. The molecule has 33 heavy (non-hydrogen) atoms. The molecule has 0 aliphatic rings. The predicted octanol–water partition coefficient (Wildman–Crippen LogP) is 7.76. The van der Waals surface area contributed by atoms with Gasteiger partial charge in [0, 0.05) is 5.39 Å². The Bertz CT molecular complexity index is 909. The molecular formula is C28H46BaO3S. The quantitative estimate of drug-likeness (QED) is 0.115. The van der Waals surface area contributed by atoms with Gasteiger partial charge in [-0.2, -0.15) is 8.42 Å². The average Bonchev–Trinajstić information content (AvgIpc) is 2.76. The average molecular weight is 600 g/mol. The van der Waals surface area contributed by atoms with Gasteiger partial charge in [0.2, 0.25) is 0 Å². The SMILES string of the molecule is CCCCCCCCCc1cc2ccccc2c(S(=O)(=O)O)c1CCCCCCCCC.[BaH2]. The summed E-state index contributed by atoms with van der Waals surface area (Å²) in [6, 6.07) is 9.73. The van der Waals surface area contributed by atoms with Crippen molar-refractivity contribution in [3.63, 3.8) is 0 Å². The first-order chi connectivity index (χ1) is 15.5. The van der Waals surface area contributed by atoms with Gasteiger partial charge in [-0.25, -0.2) is 0 Å². The van der Waals surface area contributed by atoms with Crippen LogP contribution in [0.3, 0.4) is 0 Å². The molecule has 0 bridgehead atoms. The molecule has 5 heteroatoms. The maximum atomic E-state index is 12.5. The van der Waals surface area contributed by atoms with Crippen LogP contribution in [0.4, 0.5) is 0 Å². The van der Waals surface area contributed by atoms with Gasteiger partial charge in [-0.15, -0.1) is 0 Å². The van der Waals surface area contributed by atoms with E-state index in [9.17, 15) is 13.0 Å². The number of fused-ring (bicyclic) bond motifs is 1. The third-order valence-corrected chi connectivity index (χ3v) is 7.52. The zero-order chi connectivity index (χ0) is 23.2. The van der Waals surface area contributed by atoms with Crippen molar-refractivity contribution in [2.45, 2.75) is 121 Å². The van der Waals surface area contributed by atoms with Gasteiger partial charge in [0.25, 0.3) is 10.1 Å². The van der Waals surface area contributed by atoms with E-state index in [1.165, 1.54) is 70.6 Å².